The van der Waals surface area contributed by atoms with Crippen LogP contribution in [0.4, 0.5) is 0 Å². The molecule has 1 heterocycles. The standard InChI is InChI=1S/C15H21N3O4S/c1-6-21-13(19)10-8-16-15(23-5)17-12(10)11(9-18(3)4)14(20)22-7-2/h8-9H,6-7H2,1-5H3. The second-order valence-electron chi connectivity index (χ2n) is 4.57. The summed E-state index contributed by atoms with van der Waals surface area (Å²) >= 11 is 1.31. The number of aromatic nitrogens is 2. The number of ether oxygens (including phenoxy) is 2. The maximum Gasteiger partial charge on any atom is 0.341 e. The zero-order valence-electron chi connectivity index (χ0n) is 14.0. The predicted octanol–water partition coefficient (Wildman–Crippen LogP) is 1.84. The van der Waals surface area contributed by atoms with E-state index >= 15 is 0 Å². The summed E-state index contributed by atoms with van der Waals surface area (Å²) < 4.78 is 10.1. The minimum Gasteiger partial charge on any atom is -0.462 e. The van der Waals surface area contributed by atoms with Crippen LogP contribution in [0.3, 0.4) is 0 Å². The maximum absolute atomic E-state index is 12.3. The van der Waals surface area contributed by atoms with Crippen LogP contribution in [0, 0.1) is 0 Å². The third-order valence-corrected chi connectivity index (χ3v) is 3.14. The van der Waals surface area contributed by atoms with Gasteiger partial charge in [-0.1, -0.05) is 11.8 Å². The van der Waals surface area contributed by atoms with E-state index in [9.17, 15) is 9.59 Å². The van der Waals surface area contributed by atoms with Crippen LogP contribution in [0.1, 0.15) is 29.9 Å². The fourth-order valence-corrected chi connectivity index (χ4v) is 2.05. The highest BCUT2D eigenvalue weighted by Gasteiger charge is 2.24. The van der Waals surface area contributed by atoms with Gasteiger partial charge >= 0.3 is 11.9 Å². The van der Waals surface area contributed by atoms with Crippen LogP contribution in [0.25, 0.3) is 5.57 Å². The van der Waals surface area contributed by atoms with E-state index in [-0.39, 0.29) is 30.0 Å². The normalized spacial score (nSPS) is 11.1. The lowest BCUT2D eigenvalue weighted by atomic mass is 10.1. The number of hydrogen-bond acceptors (Lipinski definition) is 8. The van der Waals surface area contributed by atoms with Gasteiger partial charge in [0.15, 0.2) is 5.16 Å². The molecule has 0 radical (unpaired) electrons. The summed E-state index contributed by atoms with van der Waals surface area (Å²) in [5.74, 6) is -1.14. The molecule has 0 aliphatic heterocycles. The van der Waals surface area contributed by atoms with E-state index in [0.29, 0.717) is 5.16 Å². The first-order valence-corrected chi connectivity index (χ1v) is 8.30. The minimum absolute atomic E-state index is 0.130. The Bertz CT molecular complexity index is 602. The van der Waals surface area contributed by atoms with Crippen molar-refractivity contribution in [3.63, 3.8) is 0 Å². The van der Waals surface area contributed by atoms with Gasteiger partial charge in [-0.15, -0.1) is 0 Å². The van der Waals surface area contributed by atoms with Crippen LogP contribution < -0.4 is 0 Å². The highest BCUT2D eigenvalue weighted by molar-refractivity contribution is 7.98. The average Bonchev–Trinajstić information content (AvgIpc) is 2.52. The lowest BCUT2D eigenvalue weighted by molar-refractivity contribution is -0.136. The number of nitrogens with zero attached hydrogens (tertiary/aromatic N) is 3. The molecule has 23 heavy (non-hydrogen) atoms. The van der Waals surface area contributed by atoms with Crippen molar-refractivity contribution < 1.29 is 19.1 Å². The highest BCUT2D eigenvalue weighted by atomic mass is 32.2. The molecule has 0 unspecified atom stereocenters. The first kappa shape index (κ1) is 19.0. The monoisotopic (exact) mass is 339 g/mol. The van der Waals surface area contributed by atoms with E-state index in [1.165, 1.54) is 18.0 Å². The summed E-state index contributed by atoms with van der Waals surface area (Å²) in [5.41, 5.74) is 0.512. The summed E-state index contributed by atoms with van der Waals surface area (Å²) in [6.45, 7) is 3.86. The second kappa shape index (κ2) is 9.14. The number of thioether (sulfide) groups is 1. The second-order valence-corrected chi connectivity index (χ2v) is 5.34. The van der Waals surface area contributed by atoms with Gasteiger partial charge in [0.05, 0.1) is 18.9 Å². The average molecular weight is 339 g/mol. The number of hydrogen-bond donors (Lipinski definition) is 0. The molecule has 0 bridgehead atoms. The van der Waals surface area contributed by atoms with Gasteiger partial charge in [-0.25, -0.2) is 19.6 Å². The summed E-state index contributed by atoms with van der Waals surface area (Å²) in [7, 11) is 3.53. The van der Waals surface area contributed by atoms with Crippen molar-refractivity contribution in [1.82, 2.24) is 14.9 Å². The summed E-state index contributed by atoms with van der Waals surface area (Å²) in [5, 5.41) is 0.446. The van der Waals surface area contributed by atoms with Gasteiger partial charge in [-0.3, -0.25) is 0 Å². The van der Waals surface area contributed by atoms with Gasteiger partial charge in [-0.2, -0.15) is 0 Å². The Morgan fingerprint density at radius 2 is 1.91 bits per heavy atom. The molecule has 1 aromatic heterocycles. The zero-order valence-corrected chi connectivity index (χ0v) is 14.8. The highest BCUT2D eigenvalue weighted by Crippen LogP contribution is 2.22. The van der Waals surface area contributed by atoms with Crippen molar-refractivity contribution in [3.05, 3.63) is 23.7 Å². The Balaban J connectivity index is 3.48. The van der Waals surface area contributed by atoms with Crippen molar-refractivity contribution in [2.75, 3.05) is 33.6 Å². The van der Waals surface area contributed by atoms with Crippen molar-refractivity contribution in [1.29, 1.82) is 0 Å². The summed E-state index contributed by atoms with van der Waals surface area (Å²) in [6.07, 6.45) is 4.74. The summed E-state index contributed by atoms with van der Waals surface area (Å²) in [4.78, 5) is 34.5. The Labute approximate surface area is 140 Å². The van der Waals surface area contributed by atoms with E-state index in [4.69, 9.17) is 9.47 Å². The molecule has 0 fully saturated rings. The topological polar surface area (TPSA) is 81.6 Å². The molecule has 0 aliphatic carbocycles. The Kier molecular flexibility index (Phi) is 7.53. The molecule has 0 atom stereocenters. The first-order valence-electron chi connectivity index (χ1n) is 7.08. The van der Waals surface area contributed by atoms with E-state index in [1.54, 1.807) is 39.0 Å². The molecule has 0 saturated heterocycles. The van der Waals surface area contributed by atoms with E-state index in [2.05, 4.69) is 9.97 Å². The van der Waals surface area contributed by atoms with E-state index in [0.717, 1.165) is 0 Å². The van der Waals surface area contributed by atoms with Crippen LogP contribution in [-0.4, -0.2) is 60.4 Å². The molecule has 7 nitrogen and oxygen atoms in total. The maximum atomic E-state index is 12.3. The van der Waals surface area contributed by atoms with Gasteiger partial charge in [0.2, 0.25) is 0 Å². The third kappa shape index (κ3) is 5.24. The number of esters is 2. The van der Waals surface area contributed by atoms with Crippen molar-refractivity contribution in [3.8, 4) is 0 Å². The number of carbonyl (C=O) groups is 2. The van der Waals surface area contributed by atoms with Crippen LogP contribution in [0.2, 0.25) is 0 Å². The SMILES string of the molecule is CCOC(=O)C(=CN(C)C)c1nc(SC)ncc1C(=O)OCC. The molecular formula is C15H21N3O4S. The fourth-order valence-electron chi connectivity index (χ4n) is 1.71. The zero-order chi connectivity index (χ0) is 17.4. The lowest BCUT2D eigenvalue weighted by Gasteiger charge is -2.14. The Morgan fingerprint density at radius 3 is 2.43 bits per heavy atom. The largest absolute Gasteiger partial charge is 0.462 e. The van der Waals surface area contributed by atoms with Crippen LogP contribution in [0.15, 0.2) is 17.6 Å². The smallest absolute Gasteiger partial charge is 0.341 e. The predicted molar refractivity (Wildman–Crippen MR) is 88.1 cm³/mol. The molecule has 0 aromatic carbocycles. The molecule has 0 saturated carbocycles. The van der Waals surface area contributed by atoms with Gasteiger partial charge in [0.25, 0.3) is 0 Å². The molecule has 0 aliphatic rings. The van der Waals surface area contributed by atoms with E-state index in [1.807, 2.05) is 6.26 Å². The molecule has 0 spiro atoms. The Hall–Kier alpha value is -2.09. The molecule has 0 amide bonds. The van der Waals surface area contributed by atoms with Crippen molar-refractivity contribution in [2.24, 2.45) is 0 Å². The van der Waals surface area contributed by atoms with Gasteiger partial charge in [0.1, 0.15) is 11.1 Å². The van der Waals surface area contributed by atoms with Gasteiger partial charge in [0, 0.05) is 26.5 Å². The molecular weight excluding hydrogens is 318 g/mol. The van der Waals surface area contributed by atoms with Crippen LogP contribution >= 0.6 is 11.8 Å². The van der Waals surface area contributed by atoms with Crippen molar-refractivity contribution in [2.45, 2.75) is 19.0 Å². The van der Waals surface area contributed by atoms with E-state index < -0.39 is 11.9 Å². The molecule has 126 valence electrons. The minimum atomic E-state index is -0.580. The van der Waals surface area contributed by atoms with Gasteiger partial charge < -0.3 is 14.4 Å². The fraction of sp³-hybridized carbons (Fsp3) is 0.467. The lowest BCUT2D eigenvalue weighted by Crippen LogP contribution is -2.17. The summed E-state index contributed by atoms with van der Waals surface area (Å²) in [6, 6.07) is 0. The quantitative estimate of drug-likeness (QED) is 0.322. The number of carbonyl (C=O) groups excluding carboxylic acids is 2. The molecule has 0 N–H and O–H groups in total. The molecule has 1 rings (SSSR count). The van der Waals surface area contributed by atoms with Crippen LogP contribution in [-0.2, 0) is 14.3 Å². The number of rotatable bonds is 7. The Morgan fingerprint density at radius 1 is 1.26 bits per heavy atom. The molecule has 1 aromatic rings. The first-order chi connectivity index (χ1) is 10.9. The van der Waals surface area contributed by atoms with Crippen molar-refractivity contribution >= 4 is 29.3 Å². The third-order valence-electron chi connectivity index (χ3n) is 2.58. The van der Waals surface area contributed by atoms with Crippen LogP contribution in [0.5, 0.6) is 0 Å². The van der Waals surface area contributed by atoms with Gasteiger partial charge in [-0.05, 0) is 20.1 Å². The molecule has 8 heteroatoms.